The molecular weight excluding hydrogens is 403 g/mol. The first kappa shape index (κ1) is 20.1. The Kier molecular flexibility index (Phi) is 5.82. The fourth-order valence-corrected chi connectivity index (χ4v) is 4.40. The lowest BCUT2D eigenvalue weighted by Gasteiger charge is -2.07. The second-order valence-corrected chi connectivity index (χ2v) is 8.94. The molecule has 1 heterocycles. The number of aryl methyl sites for hydroxylation is 2. The van der Waals surface area contributed by atoms with Crippen LogP contribution in [0.2, 0.25) is 0 Å². The average Bonchev–Trinajstić information content (AvgIpc) is 3.10. The third-order valence-corrected chi connectivity index (χ3v) is 5.98. The van der Waals surface area contributed by atoms with E-state index in [9.17, 15) is 17.6 Å². The van der Waals surface area contributed by atoms with Crippen molar-refractivity contribution in [3.8, 4) is 0 Å². The van der Waals surface area contributed by atoms with Crippen LogP contribution in [0.1, 0.15) is 25.9 Å². The Hall–Kier alpha value is -2.69. The summed E-state index contributed by atoms with van der Waals surface area (Å²) in [5.41, 5.74) is 2.10. The summed E-state index contributed by atoms with van der Waals surface area (Å²) in [4.78, 5) is 12.3. The lowest BCUT2D eigenvalue weighted by molar-refractivity contribution is 0.102. The van der Waals surface area contributed by atoms with Gasteiger partial charge in [-0.1, -0.05) is 17.4 Å². The molecule has 7 nitrogen and oxygen atoms in total. The lowest BCUT2D eigenvalue weighted by Crippen LogP contribution is -2.23. The summed E-state index contributed by atoms with van der Waals surface area (Å²) < 4.78 is 40.3. The number of benzene rings is 2. The van der Waals surface area contributed by atoms with Crippen LogP contribution in [0, 0.1) is 19.7 Å². The van der Waals surface area contributed by atoms with Crippen LogP contribution in [0.25, 0.3) is 0 Å². The molecule has 0 saturated carbocycles. The number of hydrogen-bond acceptors (Lipinski definition) is 6. The number of nitrogens with zero attached hydrogens (tertiary/aromatic N) is 2. The van der Waals surface area contributed by atoms with Gasteiger partial charge in [0.25, 0.3) is 5.91 Å². The quantitative estimate of drug-likeness (QED) is 0.638. The van der Waals surface area contributed by atoms with Crippen molar-refractivity contribution in [3.63, 3.8) is 0 Å². The minimum absolute atomic E-state index is 0.0740. The van der Waals surface area contributed by atoms with Gasteiger partial charge in [0.15, 0.2) is 0 Å². The van der Waals surface area contributed by atoms with E-state index >= 15 is 0 Å². The van der Waals surface area contributed by atoms with Gasteiger partial charge in [-0.05, 0) is 61.4 Å². The summed E-state index contributed by atoms with van der Waals surface area (Å²) in [5, 5.41) is 10.6. The molecule has 0 aliphatic heterocycles. The van der Waals surface area contributed by atoms with Crippen molar-refractivity contribution >= 4 is 33.0 Å². The topological polar surface area (TPSA) is 101 Å². The largest absolute Gasteiger partial charge is 0.320 e. The Bertz CT molecular complexity index is 1090. The molecular formula is C18H17FN4O3S2. The van der Waals surface area contributed by atoms with E-state index in [4.69, 9.17) is 0 Å². The fraction of sp³-hybridized carbons (Fsp3) is 0.167. The molecule has 0 saturated heterocycles. The number of carbonyl (C=O) groups is 1. The molecule has 10 heteroatoms. The van der Waals surface area contributed by atoms with Crippen LogP contribution in [0.3, 0.4) is 0 Å². The van der Waals surface area contributed by atoms with E-state index in [-0.39, 0.29) is 16.4 Å². The second-order valence-electron chi connectivity index (χ2n) is 6.11. The third kappa shape index (κ3) is 4.97. The molecule has 1 amide bonds. The van der Waals surface area contributed by atoms with Crippen LogP contribution in [0.4, 0.5) is 10.1 Å². The van der Waals surface area contributed by atoms with Crippen LogP contribution in [0.15, 0.2) is 47.4 Å². The molecule has 0 atom stereocenters. The van der Waals surface area contributed by atoms with E-state index in [1.165, 1.54) is 24.3 Å². The molecule has 0 aliphatic rings. The van der Waals surface area contributed by atoms with Gasteiger partial charge in [0.05, 0.1) is 11.4 Å². The molecule has 1 aromatic heterocycles. The molecule has 0 radical (unpaired) electrons. The Balaban J connectivity index is 1.65. The van der Waals surface area contributed by atoms with Crippen molar-refractivity contribution in [2.75, 3.05) is 5.32 Å². The van der Waals surface area contributed by atoms with Gasteiger partial charge in [-0.2, -0.15) is 0 Å². The van der Waals surface area contributed by atoms with Crippen LogP contribution >= 0.6 is 11.3 Å². The van der Waals surface area contributed by atoms with Gasteiger partial charge in [-0.15, -0.1) is 10.2 Å². The highest BCUT2D eigenvalue weighted by Gasteiger charge is 2.18. The second kappa shape index (κ2) is 8.13. The number of halogens is 1. The summed E-state index contributed by atoms with van der Waals surface area (Å²) in [7, 11) is -3.71. The van der Waals surface area contributed by atoms with Crippen molar-refractivity contribution < 1.29 is 17.6 Å². The number of sulfonamides is 1. The van der Waals surface area contributed by atoms with E-state index < -0.39 is 21.7 Å². The summed E-state index contributed by atoms with van der Waals surface area (Å²) in [5.74, 6) is -0.917. The minimum atomic E-state index is -3.71. The Morgan fingerprint density at radius 1 is 1.07 bits per heavy atom. The van der Waals surface area contributed by atoms with Gasteiger partial charge in [0, 0.05) is 5.69 Å². The molecule has 0 unspecified atom stereocenters. The van der Waals surface area contributed by atoms with Crippen molar-refractivity contribution in [1.29, 1.82) is 0 Å². The Morgan fingerprint density at radius 3 is 2.36 bits per heavy atom. The zero-order valence-electron chi connectivity index (χ0n) is 15.1. The summed E-state index contributed by atoms with van der Waals surface area (Å²) in [6.07, 6.45) is 0. The smallest absolute Gasteiger partial charge is 0.286 e. The summed E-state index contributed by atoms with van der Waals surface area (Å²) in [6, 6.07) is 10.3. The van der Waals surface area contributed by atoms with E-state index in [1.54, 1.807) is 12.1 Å². The molecule has 28 heavy (non-hydrogen) atoms. The molecule has 2 N–H and O–H groups in total. The predicted molar refractivity (Wildman–Crippen MR) is 104 cm³/mol. The van der Waals surface area contributed by atoms with E-state index in [2.05, 4.69) is 20.2 Å². The number of hydrogen-bond donors (Lipinski definition) is 2. The Morgan fingerprint density at radius 2 is 1.71 bits per heavy atom. The fourth-order valence-electron chi connectivity index (χ4n) is 2.46. The maximum atomic E-state index is 12.9. The minimum Gasteiger partial charge on any atom is -0.320 e. The highest BCUT2D eigenvalue weighted by Crippen LogP contribution is 2.17. The molecule has 0 fully saturated rings. The first-order valence-corrected chi connectivity index (χ1v) is 10.5. The van der Waals surface area contributed by atoms with Gasteiger partial charge in [-0.25, -0.2) is 17.5 Å². The van der Waals surface area contributed by atoms with Crippen molar-refractivity contribution in [2.24, 2.45) is 0 Å². The van der Waals surface area contributed by atoms with Crippen LogP contribution in [-0.2, 0) is 16.6 Å². The third-order valence-electron chi connectivity index (χ3n) is 3.68. The number of anilines is 1. The number of amides is 1. The predicted octanol–water partition coefficient (Wildman–Crippen LogP) is 3.02. The average molecular weight is 420 g/mol. The van der Waals surface area contributed by atoms with Crippen LogP contribution in [0.5, 0.6) is 0 Å². The van der Waals surface area contributed by atoms with Gasteiger partial charge in [0.1, 0.15) is 10.8 Å². The number of aromatic nitrogens is 2. The van der Waals surface area contributed by atoms with E-state index in [1.807, 2.05) is 19.9 Å². The van der Waals surface area contributed by atoms with Gasteiger partial charge in [0.2, 0.25) is 15.0 Å². The number of nitrogens with one attached hydrogen (secondary N) is 2. The first-order chi connectivity index (χ1) is 13.2. The maximum absolute atomic E-state index is 12.9. The molecule has 2 aromatic carbocycles. The number of carbonyl (C=O) groups excluding carboxylic acids is 1. The zero-order chi connectivity index (χ0) is 20.3. The van der Waals surface area contributed by atoms with E-state index in [0.717, 1.165) is 22.5 Å². The molecule has 0 spiro atoms. The molecule has 0 bridgehead atoms. The lowest BCUT2D eigenvalue weighted by atomic mass is 10.2. The zero-order valence-corrected chi connectivity index (χ0v) is 16.7. The SMILES string of the molecule is Cc1cc(C)cc(S(=O)(=O)NCc2nnc(C(=O)Nc3ccc(F)cc3)s2)c1. The van der Waals surface area contributed by atoms with Crippen molar-refractivity contribution in [1.82, 2.24) is 14.9 Å². The maximum Gasteiger partial charge on any atom is 0.286 e. The monoisotopic (exact) mass is 420 g/mol. The molecule has 0 aliphatic carbocycles. The highest BCUT2D eigenvalue weighted by atomic mass is 32.2. The highest BCUT2D eigenvalue weighted by molar-refractivity contribution is 7.89. The van der Waals surface area contributed by atoms with E-state index in [0.29, 0.717) is 10.7 Å². The van der Waals surface area contributed by atoms with Gasteiger partial charge >= 0.3 is 0 Å². The van der Waals surface area contributed by atoms with Crippen molar-refractivity contribution in [3.05, 3.63) is 69.4 Å². The first-order valence-electron chi connectivity index (χ1n) is 8.20. The molecule has 3 rings (SSSR count). The van der Waals surface area contributed by atoms with Crippen LogP contribution in [-0.4, -0.2) is 24.5 Å². The van der Waals surface area contributed by atoms with Gasteiger partial charge in [-0.3, -0.25) is 4.79 Å². The summed E-state index contributed by atoms with van der Waals surface area (Å²) in [6.45, 7) is 3.56. The van der Waals surface area contributed by atoms with Crippen molar-refractivity contribution in [2.45, 2.75) is 25.3 Å². The molecule has 146 valence electrons. The summed E-state index contributed by atoms with van der Waals surface area (Å²) >= 11 is 0.970. The van der Waals surface area contributed by atoms with Crippen LogP contribution < -0.4 is 10.0 Å². The standard InChI is InChI=1S/C18H17FN4O3S2/c1-11-7-12(2)9-15(8-11)28(25,26)20-10-16-22-23-18(27-16)17(24)21-14-5-3-13(19)4-6-14/h3-9,20H,10H2,1-2H3,(H,21,24). The Labute approximate surface area is 165 Å². The molecule has 3 aromatic rings. The number of rotatable bonds is 6. The normalized spacial score (nSPS) is 11.4. The van der Waals surface area contributed by atoms with Gasteiger partial charge < -0.3 is 5.32 Å².